The zero-order valence-corrected chi connectivity index (χ0v) is 16.5. The van der Waals surface area contributed by atoms with Crippen LogP contribution in [-0.2, 0) is 9.59 Å². The third-order valence-electron chi connectivity index (χ3n) is 4.47. The van der Waals surface area contributed by atoms with Crippen molar-refractivity contribution >= 4 is 40.6 Å². The van der Waals surface area contributed by atoms with Crippen LogP contribution in [0.2, 0.25) is 0 Å². The van der Waals surface area contributed by atoms with Crippen molar-refractivity contribution < 1.29 is 32.1 Å². The highest BCUT2D eigenvalue weighted by molar-refractivity contribution is 7.99. The molecule has 1 aliphatic heterocycles. The fraction of sp³-hybridized carbons (Fsp3) is 0.263. The van der Waals surface area contributed by atoms with Crippen molar-refractivity contribution in [2.24, 2.45) is 5.92 Å². The number of halogens is 4. The average molecular weight is 457 g/mol. The molecular weight excluding hydrogens is 442 g/mol. The van der Waals surface area contributed by atoms with Gasteiger partial charge in [-0.3, -0.25) is 19.7 Å². The number of nitro groups is 1. The van der Waals surface area contributed by atoms with Crippen LogP contribution < -0.4 is 10.2 Å². The SMILES string of the molecule is O=C(Nc1ccccc1SCC(F)(F)F)C1CC(=O)N(c2ccc(F)c([N+](=O)[O-])c2)C1. The predicted molar refractivity (Wildman–Crippen MR) is 105 cm³/mol. The Morgan fingerprint density at radius 3 is 2.65 bits per heavy atom. The normalized spacial score (nSPS) is 16.5. The lowest BCUT2D eigenvalue weighted by Gasteiger charge is -2.17. The summed E-state index contributed by atoms with van der Waals surface area (Å²) in [5.74, 6) is -4.08. The van der Waals surface area contributed by atoms with Crippen molar-refractivity contribution in [3.63, 3.8) is 0 Å². The molecule has 1 atom stereocenters. The Kier molecular flexibility index (Phi) is 6.48. The van der Waals surface area contributed by atoms with Gasteiger partial charge in [0.2, 0.25) is 17.6 Å². The van der Waals surface area contributed by atoms with E-state index in [0.717, 1.165) is 17.0 Å². The molecule has 0 radical (unpaired) electrons. The van der Waals surface area contributed by atoms with Crippen molar-refractivity contribution in [1.82, 2.24) is 0 Å². The Bertz CT molecular complexity index is 1030. The molecule has 1 saturated heterocycles. The Balaban J connectivity index is 1.72. The number of hydrogen-bond acceptors (Lipinski definition) is 5. The molecular formula is C19H15F4N3O4S. The molecule has 2 aromatic rings. The molecule has 1 N–H and O–H groups in total. The van der Waals surface area contributed by atoms with Gasteiger partial charge in [0, 0.05) is 23.9 Å². The molecule has 1 unspecified atom stereocenters. The number of alkyl halides is 3. The summed E-state index contributed by atoms with van der Waals surface area (Å²) in [6, 6.07) is 8.96. The van der Waals surface area contributed by atoms with Gasteiger partial charge >= 0.3 is 11.9 Å². The number of rotatable bonds is 6. The lowest BCUT2D eigenvalue weighted by atomic mass is 10.1. The lowest BCUT2D eigenvalue weighted by Crippen LogP contribution is -2.28. The second-order valence-electron chi connectivity index (χ2n) is 6.69. The number of nitrogens with zero attached hydrogens (tertiary/aromatic N) is 2. The van der Waals surface area contributed by atoms with Crippen molar-refractivity contribution in [1.29, 1.82) is 0 Å². The van der Waals surface area contributed by atoms with Crippen LogP contribution in [0.5, 0.6) is 0 Å². The summed E-state index contributed by atoms with van der Waals surface area (Å²) in [6.45, 7) is -0.106. The third kappa shape index (κ3) is 5.51. The Morgan fingerprint density at radius 2 is 1.97 bits per heavy atom. The first kappa shape index (κ1) is 22.5. The quantitative estimate of drug-likeness (QED) is 0.301. The predicted octanol–water partition coefficient (Wildman–Crippen LogP) is 4.38. The van der Waals surface area contributed by atoms with Crippen LogP contribution in [0.1, 0.15) is 6.42 Å². The monoisotopic (exact) mass is 457 g/mol. The van der Waals surface area contributed by atoms with Gasteiger partial charge in [-0.1, -0.05) is 12.1 Å². The molecule has 7 nitrogen and oxygen atoms in total. The number of carbonyl (C=O) groups excluding carboxylic acids is 2. The Morgan fingerprint density at radius 1 is 1.26 bits per heavy atom. The average Bonchev–Trinajstić information content (AvgIpc) is 3.08. The Hall–Kier alpha value is -3.15. The molecule has 164 valence electrons. The first-order valence-corrected chi connectivity index (χ1v) is 9.87. The molecule has 0 bridgehead atoms. The van der Waals surface area contributed by atoms with Gasteiger partial charge in [0.15, 0.2) is 0 Å². The van der Waals surface area contributed by atoms with E-state index in [1.165, 1.54) is 24.3 Å². The topological polar surface area (TPSA) is 92.6 Å². The molecule has 1 heterocycles. The molecule has 0 spiro atoms. The molecule has 0 saturated carbocycles. The molecule has 12 heteroatoms. The maximum Gasteiger partial charge on any atom is 0.398 e. The number of para-hydroxylation sites is 1. The number of nitrogens with one attached hydrogen (secondary N) is 1. The van der Waals surface area contributed by atoms with Gasteiger partial charge < -0.3 is 10.2 Å². The minimum absolute atomic E-state index is 0.0783. The van der Waals surface area contributed by atoms with Crippen LogP contribution in [-0.4, -0.2) is 35.2 Å². The van der Waals surface area contributed by atoms with E-state index in [2.05, 4.69) is 5.32 Å². The van der Waals surface area contributed by atoms with Crippen LogP contribution in [0, 0.1) is 21.8 Å². The van der Waals surface area contributed by atoms with Gasteiger partial charge in [0.05, 0.1) is 28.0 Å². The van der Waals surface area contributed by atoms with Crippen molar-refractivity contribution in [2.45, 2.75) is 17.5 Å². The first-order valence-electron chi connectivity index (χ1n) is 8.89. The zero-order valence-electron chi connectivity index (χ0n) is 15.7. The van der Waals surface area contributed by atoms with E-state index in [9.17, 15) is 37.3 Å². The van der Waals surface area contributed by atoms with E-state index in [1.807, 2.05) is 0 Å². The summed E-state index contributed by atoms with van der Waals surface area (Å²) in [5.41, 5.74) is -0.534. The molecule has 31 heavy (non-hydrogen) atoms. The molecule has 2 aromatic carbocycles. The fourth-order valence-corrected chi connectivity index (χ4v) is 3.80. The molecule has 1 fully saturated rings. The lowest BCUT2D eigenvalue weighted by molar-refractivity contribution is -0.387. The highest BCUT2D eigenvalue weighted by atomic mass is 32.2. The van der Waals surface area contributed by atoms with Crippen LogP contribution in [0.15, 0.2) is 47.4 Å². The van der Waals surface area contributed by atoms with E-state index < -0.39 is 46.1 Å². The molecule has 0 aromatic heterocycles. The first-order chi connectivity index (χ1) is 14.5. The number of benzene rings is 2. The zero-order chi connectivity index (χ0) is 22.8. The highest BCUT2D eigenvalue weighted by Crippen LogP contribution is 2.34. The van der Waals surface area contributed by atoms with Crippen LogP contribution in [0.3, 0.4) is 0 Å². The summed E-state index contributed by atoms with van der Waals surface area (Å²) in [4.78, 5) is 36.3. The van der Waals surface area contributed by atoms with E-state index in [1.54, 1.807) is 6.07 Å². The standard InChI is InChI=1S/C19H15F4N3O4S/c20-13-6-5-12(8-15(13)26(29)30)25-9-11(7-17(25)27)18(28)24-14-3-1-2-4-16(14)31-10-19(21,22)23/h1-6,8,11H,7,9-10H2,(H,24,28). The van der Waals surface area contributed by atoms with Gasteiger partial charge in [-0.05, 0) is 24.3 Å². The van der Waals surface area contributed by atoms with Gasteiger partial charge in [-0.2, -0.15) is 17.6 Å². The number of amides is 2. The number of carbonyl (C=O) groups is 2. The van der Waals surface area contributed by atoms with Crippen molar-refractivity contribution in [2.75, 3.05) is 22.5 Å². The van der Waals surface area contributed by atoms with E-state index in [0.29, 0.717) is 11.8 Å². The third-order valence-corrected chi connectivity index (χ3v) is 5.61. The molecule has 1 aliphatic rings. The van der Waals surface area contributed by atoms with Crippen molar-refractivity contribution in [3.05, 3.63) is 58.4 Å². The van der Waals surface area contributed by atoms with Gasteiger partial charge in [-0.15, -0.1) is 11.8 Å². The number of thioether (sulfide) groups is 1. The number of nitro benzene ring substituents is 1. The number of anilines is 2. The summed E-state index contributed by atoms with van der Waals surface area (Å²) >= 11 is 0.526. The Labute approximate surface area is 177 Å². The summed E-state index contributed by atoms with van der Waals surface area (Å²) in [7, 11) is 0. The van der Waals surface area contributed by atoms with Crippen LogP contribution in [0.4, 0.5) is 34.6 Å². The fourth-order valence-electron chi connectivity index (χ4n) is 3.03. The van der Waals surface area contributed by atoms with Gasteiger partial charge in [0.25, 0.3) is 0 Å². The summed E-state index contributed by atoms with van der Waals surface area (Å²) in [6.07, 6.45) is -4.58. The van der Waals surface area contributed by atoms with Gasteiger partial charge in [0.1, 0.15) is 0 Å². The second-order valence-corrected chi connectivity index (χ2v) is 7.70. The van der Waals surface area contributed by atoms with Gasteiger partial charge in [-0.25, -0.2) is 0 Å². The maximum atomic E-state index is 13.5. The largest absolute Gasteiger partial charge is 0.398 e. The number of hydrogen-bond donors (Lipinski definition) is 1. The summed E-state index contributed by atoms with van der Waals surface area (Å²) in [5, 5.41) is 13.5. The van der Waals surface area contributed by atoms with E-state index in [4.69, 9.17) is 0 Å². The van der Waals surface area contributed by atoms with Crippen molar-refractivity contribution in [3.8, 4) is 0 Å². The smallest absolute Gasteiger partial charge is 0.325 e. The van der Waals surface area contributed by atoms with Crippen LogP contribution >= 0.6 is 11.8 Å². The minimum atomic E-state index is -4.38. The van der Waals surface area contributed by atoms with Crippen LogP contribution in [0.25, 0.3) is 0 Å². The minimum Gasteiger partial charge on any atom is -0.325 e. The second kappa shape index (κ2) is 8.92. The molecule has 0 aliphatic carbocycles. The maximum absolute atomic E-state index is 13.5. The molecule has 2 amide bonds. The summed E-state index contributed by atoms with van der Waals surface area (Å²) < 4.78 is 51.1. The highest BCUT2D eigenvalue weighted by Gasteiger charge is 2.36. The molecule has 3 rings (SSSR count). The van der Waals surface area contributed by atoms with E-state index in [-0.39, 0.29) is 29.2 Å². The van der Waals surface area contributed by atoms with E-state index >= 15 is 0 Å².